The van der Waals surface area contributed by atoms with Crippen molar-refractivity contribution in [2.45, 2.75) is 50.5 Å². The first-order chi connectivity index (χ1) is 19.1. The first-order valence-electron chi connectivity index (χ1n) is 13.5. The van der Waals surface area contributed by atoms with E-state index in [1.54, 1.807) is 26.0 Å². The Morgan fingerprint density at radius 3 is 2.38 bits per heavy atom. The van der Waals surface area contributed by atoms with Gasteiger partial charge in [0.1, 0.15) is 22.9 Å². The summed E-state index contributed by atoms with van der Waals surface area (Å²) in [6.07, 6.45) is -1.13. The molecule has 212 valence electrons. The normalized spacial score (nSPS) is 20.3. The van der Waals surface area contributed by atoms with Crippen molar-refractivity contribution in [3.05, 3.63) is 83.9 Å². The van der Waals surface area contributed by atoms with E-state index in [-0.39, 0.29) is 35.8 Å². The van der Waals surface area contributed by atoms with Crippen molar-refractivity contribution in [2.75, 3.05) is 26.7 Å². The van der Waals surface area contributed by atoms with Crippen LogP contribution in [0.1, 0.15) is 31.9 Å². The Balaban J connectivity index is 1.59. The van der Waals surface area contributed by atoms with Gasteiger partial charge >= 0.3 is 0 Å². The summed E-state index contributed by atoms with van der Waals surface area (Å²) >= 11 is 0. The molecule has 1 aliphatic rings. The van der Waals surface area contributed by atoms with Crippen LogP contribution in [0.4, 0.5) is 0 Å². The van der Waals surface area contributed by atoms with E-state index in [1.165, 1.54) is 15.9 Å². The SMILES string of the molecule is C[C@H](O)C#Cc1ccc2c(c1)O[C@@H](CN(C)Cc1ccc(-c3ccccc3)cc1)[C@H](C)CN([C@H](C)CO)S2(=O)=O. The van der Waals surface area contributed by atoms with Gasteiger partial charge in [0.2, 0.25) is 10.0 Å². The maximum absolute atomic E-state index is 13.6. The molecular weight excluding hydrogens is 524 g/mol. The largest absolute Gasteiger partial charge is 0.487 e. The molecular formula is C32H38N2O5S. The van der Waals surface area contributed by atoms with Crippen LogP contribution in [0.25, 0.3) is 11.1 Å². The van der Waals surface area contributed by atoms with Gasteiger partial charge in [0, 0.05) is 37.2 Å². The second-order valence-electron chi connectivity index (χ2n) is 10.6. The van der Waals surface area contributed by atoms with Crippen molar-refractivity contribution in [3.63, 3.8) is 0 Å². The Kier molecular flexibility index (Phi) is 9.67. The van der Waals surface area contributed by atoms with E-state index in [0.29, 0.717) is 18.7 Å². The molecule has 0 unspecified atom stereocenters. The van der Waals surface area contributed by atoms with Crippen molar-refractivity contribution < 1.29 is 23.4 Å². The van der Waals surface area contributed by atoms with Crippen molar-refractivity contribution in [1.29, 1.82) is 0 Å². The highest BCUT2D eigenvalue weighted by molar-refractivity contribution is 7.89. The predicted molar refractivity (Wildman–Crippen MR) is 157 cm³/mol. The number of hydrogen-bond acceptors (Lipinski definition) is 6. The second kappa shape index (κ2) is 13.0. The zero-order valence-corrected chi connectivity index (χ0v) is 24.3. The van der Waals surface area contributed by atoms with Crippen LogP contribution in [-0.4, -0.2) is 72.8 Å². The van der Waals surface area contributed by atoms with E-state index in [0.717, 1.165) is 11.1 Å². The molecule has 0 spiro atoms. The Morgan fingerprint density at radius 2 is 1.73 bits per heavy atom. The lowest BCUT2D eigenvalue weighted by Crippen LogP contribution is -2.49. The molecule has 40 heavy (non-hydrogen) atoms. The minimum Gasteiger partial charge on any atom is -0.487 e. The average Bonchev–Trinajstić information content (AvgIpc) is 2.94. The van der Waals surface area contributed by atoms with E-state index in [1.807, 2.05) is 32.2 Å². The summed E-state index contributed by atoms with van der Waals surface area (Å²) in [5.74, 6) is 5.64. The number of aliphatic hydroxyl groups is 2. The summed E-state index contributed by atoms with van der Waals surface area (Å²) in [6.45, 7) is 6.44. The number of hydrogen-bond donors (Lipinski definition) is 2. The fourth-order valence-corrected chi connectivity index (χ4v) is 6.65. The first-order valence-corrected chi connectivity index (χ1v) is 15.0. The number of benzene rings is 3. The molecule has 4 atom stereocenters. The summed E-state index contributed by atoms with van der Waals surface area (Å²) in [5.41, 5.74) is 4.05. The molecule has 0 fully saturated rings. The fourth-order valence-electron chi connectivity index (χ4n) is 4.83. The lowest BCUT2D eigenvalue weighted by Gasteiger charge is -2.37. The summed E-state index contributed by atoms with van der Waals surface area (Å²) < 4.78 is 35.1. The zero-order chi connectivity index (χ0) is 28.9. The van der Waals surface area contributed by atoms with Gasteiger partial charge < -0.3 is 14.9 Å². The Hall–Kier alpha value is -3.19. The lowest BCUT2D eigenvalue weighted by atomic mass is 10.0. The number of nitrogens with zero attached hydrogens (tertiary/aromatic N) is 2. The van der Waals surface area contributed by atoms with E-state index in [2.05, 4.69) is 53.1 Å². The molecule has 0 radical (unpaired) electrons. The van der Waals surface area contributed by atoms with Crippen LogP contribution >= 0.6 is 0 Å². The van der Waals surface area contributed by atoms with Crippen molar-refractivity contribution in [2.24, 2.45) is 5.92 Å². The molecule has 0 saturated carbocycles. The molecule has 8 heteroatoms. The molecule has 0 bridgehead atoms. The Morgan fingerprint density at radius 1 is 1.05 bits per heavy atom. The fraction of sp³-hybridized carbons (Fsp3) is 0.375. The van der Waals surface area contributed by atoms with Gasteiger partial charge in [0.05, 0.1) is 6.61 Å². The van der Waals surface area contributed by atoms with Gasteiger partial charge in [-0.2, -0.15) is 4.31 Å². The van der Waals surface area contributed by atoms with Crippen LogP contribution < -0.4 is 4.74 Å². The molecule has 3 aromatic rings. The summed E-state index contributed by atoms with van der Waals surface area (Å²) in [4.78, 5) is 2.22. The molecule has 4 rings (SSSR count). The number of fused-ring (bicyclic) bond motifs is 1. The molecule has 0 amide bonds. The van der Waals surface area contributed by atoms with Crippen LogP contribution in [0, 0.1) is 17.8 Å². The molecule has 0 saturated heterocycles. The highest BCUT2D eigenvalue weighted by atomic mass is 32.2. The number of aliphatic hydroxyl groups excluding tert-OH is 2. The number of likely N-dealkylation sites (N-methyl/N-ethyl adjacent to an activating group) is 1. The van der Waals surface area contributed by atoms with Gasteiger partial charge in [-0.3, -0.25) is 4.90 Å². The third kappa shape index (κ3) is 7.11. The van der Waals surface area contributed by atoms with E-state index >= 15 is 0 Å². The van der Waals surface area contributed by atoms with Gasteiger partial charge in [0.15, 0.2) is 0 Å². The smallest absolute Gasteiger partial charge is 0.247 e. The van der Waals surface area contributed by atoms with E-state index < -0.39 is 22.2 Å². The minimum absolute atomic E-state index is 0.0476. The first kappa shape index (κ1) is 29.8. The standard InChI is InChI=1S/C32H38N2O5S/c1-23-19-34(24(2)22-35)40(37,38)32-17-14-26(11-10-25(3)36)18-30(32)39-31(23)21-33(4)20-27-12-15-29(16-13-27)28-8-6-5-7-9-28/h5-9,12-18,23-25,31,35-36H,19-22H2,1-4H3/t23-,24-,25+,31+/m1/s1. The Bertz CT molecular complexity index is 1450. The van der Waals surface area contributed by atoms with Crippen LogP contribution in [0.2, 0.25) is 0 Å². The van der Waals surface area contributed by atoms with Crippen LogP contribution in [-0.2, 0) is 16.6 Å². The number of sulfonamides is 1. The van der Waals surface area contributed by atoms with Crippen LogP contribution in [0.5, 0.6) is 5.75 Å². The highest BCUT2D eigenvalue weighted by Gasteiger charge is 2.38. The topological polar surface area (TPSA) is 90.3 Å². The average molecular weight is 563 g/mol. The molecule has 7 nitrogen and oxygen atoms in total. The summed E-state index contributed by atoms with van der Waals surface area (Å²) in [5, 5.41) is 19.4. The molecule has 2 N–H and O–H groups in total. The summed E-state index contributed by atoms with van der Waals surface area (Å²) in [6, 6.07) is 22.9. The number of rotatable bonds is 7. The molecule has 0 aromatic heterocycles. The quantitative estimate of drug-likeness (QED) is 0.424. The van der Waals surface area contributed by atoms with Crippen molar-refractivity contribution in [1.82, 2.24) is 9.21 Å². The highest BCUT2D eigenvalue weighted by Crippen LogP contribution is 2.34. The van der Waals surface area contributed by atoms with E-state index in [9.17, 15) is 18.6 Å². The van der Waals surface area contributed by atoms with Crippen LogP contribution in [0.15, 0.2) is 77.7 Å². The van der Waals surface area contributed by atoms with Gasteiger partial charge in [-0.1, -0.05) is 73.4 Å². The molecule has 0 aliphatic carbocycles. The molecule has 3 aromatic carbocycles. The maximum Gasteiger partial charge on any atom is 0.247 e. The lowest BCUT2D eigenvalue weighted by molar-refractivity contribution is 0.0733. The van der Waals surface area contributed by atoms with Gasteiger partial charge in [-0.15, -0.1) is 0 Å². The van der Waals surface area contributed by atoms with Gasteiger partial charge in [0.25, 0.3) is 0 Å². The third-order valence-electron chi connectivity index (χ3n) is 7.10. The molecule has 1 aliphatic heterocycles. The van der Waals surface area contributed by atoms with Crippen molar-refractivity contribution in [3.8, 4) is 28.7 Å². The van der Waals surface area contributed by atoms with Crippen LogP contribution in [0.3, 0.4) is 0 Å². The van der Waals surface area contributed by atoms with Gasteiger partial charge in [-0.25, -0.2) is 8.42 Å². The number of ether oxygens (including phenoxy) is 1. The monoisotopic (exact) mass is 562 g/mol. The minimum atomic E-state index is -3.93. The van der Waals surface area contributed by atoms with Gasteiger partial charge in [-0.05, 0) is 55.8 Å². The zero-order valence-electron chi connectivity index (χ0n) is 23.5. The maximum atomic E-state index is 13.6. The third-order valence-corrected chi connectivity index (χ3v) is 9.12. The Labute approximate surface area is 238 Å². The summed E-state index contributed by atoms with van der Waals surface area (Å²) in [7, 11) is -1.90. The predicted octanol–water partition coefficient (Wildman–Crippen LogP) is 3.99. The molecule has 1 heterocycles. The second-order valence-corrected chi connectivity index (χ2v) is 12.5. The van der Waals surface area contributed by atoms with Crippen molar-refractivity contribution >= 4 is 10.0 Å². The van der Waals surface area contributed by atoms with E-state index in [4.69, 9.17) is 4.74 Å².